The molecule has 1 heterocycles. The molecule has 1 N–H and O–H groups in total. The highest BCUT2D eigenvalue weighted by Gasteiger charge is 2.29. The lowest BCUT2D eigenvalue weighted by Gasteiger charge is -2.31. The summed E-state index contributed by atoms with van der Waals surface area (Å²) in [6.07, 6.45) is 4.93. The molecule has 0 radical (unpaired) electrons. The maximum atomic E-state index is 12.7. The van der Waals surface area contributed by atoms with Gasteiger partial charge >= 0.3 is 0 Å². The van der Waals surface area contributed by atoms with Crippen molar-refractivity contribution >= 4 is 15.9 Å². The van der Waals surface area contributed by atoms with Crippen molar-refractivity contribution in [2.24, 2.45) is 5.92 Å². The topological polar surface area (TPSA) is 66.5 Å². The smallest absolute Gasteiger partial charge is 0.243 e. The van der Waals surface area contributed by atoms with Gasteiger partial charge in [-0.05, 0) is 57.1 Å². The van der Waals surface area contributed by atoms with Crippen molar-refractivity contribution in [3.63, 3.8) is 0 Å². The van der Waals surface area contributed by atoms with E-state index in [-0.39, 0.29) is 11.9 Å². The highest BCUT2D eigenvalue weighted by molar-refractivity contribution is 7.89. The Bertz CT molecular complexity index is 674. The zero-order chi connectivity index (χ0) is 19.2. The lowest BCUT2D eigenvalue weighted by atomic mass is 9.93. The van der Waals surface area contributed by atoms with Crippen molar-refractivity contribution in [2.75, 3.05) is 13.1 Å². The second kappa shape index (κ2) is 9.51. The summed E-state index contributed by atoms with van der Waals surface area (Å²) in [5.41, 5.74) is 1.05. The van der Waals surface area contributed by atoms with Gasteiger partial charge in [0.25, 0.3) is 0 Å². The summed E-state index contributed by atoms with van der Waals surface area (Å²) in [6, 6.07) is 7.29. The number of carbonyl (C=O) groups excluding carboxylic acids is 1. The fourth-order valence-electron chi connectivity index (χ4n) is 3.43. The lowest BCUT2D eigenvalue weighted by Crippen LogP contribution is -2.39. The van der Waals surface area contributed by atoms with Crippen molar-refractivity contribution in [3.05, 3.63) is 29.8 Å². The number of sulfonamides is 1. The highest BCUT2D eigenvalue weighted by Crippen LogP contribution is 2.26. The molecular weight excluding hydrogens is 348 g/mol. The largest absolute Gasteiger partial charge is 0.353 e. The molecule has 0 bridgehead atoms. The van der Waals surface area contributed by atoms with E-state index in [2.05, 4.69) is 19.2 Å². The van der Waals surface area contributed by atoms with E-state index < -0.39 is 10.0 Å². The van der Waals surface area contributed by atoms with Crippen LogP contribution in [-0.4, -0.2) is 37.8 Å². The van der Waals surface area contributed by atoms with Gasteiger partial charge in [-0.3, -0.25) is 4.79 Å². The Hall–Kier alpha value is -1.40. The van der Waals surface area contributed by atoms with Crippen LogP contribution in [0.4, 0.5) is 0 Å². The number of nitrogens with zero attached hydrogens (tertiary/aromatic N) is 1. The van der Waals surface area contributed by atoms with Gasteiger partial charge in [-0.1, -0.05) is 31.5 Å². The van der Waals surface area contributed by atoms with E-state index in [9.17, 15) is 13.2 Å². The summed E-state index contributed by atoms with van der Waals surface area (Å²) < 4.78 is 27.0. The number of aryl methyl sites for hydroxylation is 1. The Balaban J connectivity index is 1.81. The minimum atomic E-state index is -3.40. The molecule has 1 amide bonds. The maximum absolute atomic E-state index is 12.7. The molecule has 1 aromatic carbocycles. The Kier molecular flexibility index (Phi) is 7.65. The Labute approximate surface area is 158 Å². The first-order valence-corrected chi connectivity index (χ1v) is 11.2. The Morgan fingerprint density at radius 2 is 1.73 bits per heavy atom. The standard InChI is InChI=1S/C20H32N2O3S/c1-4-18(5-2)21-20(23)11-8-17-12-14-22(15-13-17)26(24,25)19-9-6-16(3)7-10-19/h6-7,9-10,17-18H,4-5,8,11-15H2,1-3H3,(H,21,23). The van der Waals surface area contributed by atoms with Crippen LogP contribution in [-0.2, 0) is 14.8 Å². The highest BCUT2D eigenvalue weighted by atomic mass is 32.2. The van der Waals surface area contributed by atoms with Gasteiger partial charge in [-0.2, -0.15) is 4.31 Å². The maximum Gasteiger partial charge on any atom is 0.243 e. The van der Waals surface area contributed by atoms with Gasteiger partial charge in [0, 0.05) is 25.6 Å². The second-order valence-electron chi connectivity index (χ2n) is 7.28. The zero-order valence-electron chi connectivity index (χ0n) is 16.2. The predicted molar refractivity (Wildman–Crippen MR) is 104 cm³/mol. The first-order valence-electron chi connectivity index (χ1n) is 9.73. The van der Waals surface area contributed by atoms with E-state index in [1.807, 2.05) is 19.1 Å². The molecule has 1 aromatic rings. The SMILES string of the molecule is CCC(CC)NC(=O)CCC1CCN(S(=O)(=O)c2ccc(C)cc2)CC1. The zero-order valence-corrected chi connectivity index (χ0v) is 17.0. The summed E-state index contributed by atoms with van der Waals surface area (Å²) >= 11 is 0. The fourth-order valence-corrected chi connectivity index (χ4v) is 4.90. The fraction of sp³-hybridized carbons (Fsp3) is 0.650. The van der Waals surface area contributed by atoms with E-state index in [1.165, 1.54) is 0 Å². The first-order chi connectivity index (χ1) is 12.4. The van der Waals surface area contributed by atoms with Crippen LogP contribution in [0.25, 0.3) is 0 Å². The number of benzene rings is 1. The lowest BCUT2D eigenvalue weighted by molar-refractivity contribution is -0.122. The summed E-state index contributed by atoms with van der Waals surface area (Å²) in [4.78, 5) is 12.4. The average Bonchev–Trinajstić information content (AvgIpc) is 2.65. The molecular formula is C20H32N2O3S. The molecule has 2 rings (SSSR count). The van der Waals surface area contributed by atoms with Gasteiger partial charge in [0.15, 0.2) is 0 Å². The number of nitrogens with one attached hydrogen (secondary N) is 1. The third-order valence-corrected chi connectivity index (χ3v) is 7.28. The van der Waals surface area contributed by atoms with Crippen molar-refractivity contribution in [3.8, 4) is 0 Å². The predicted octanol–water partition coefficient (Wildman–Crippen LogP) is 3.48. The molecule has 0 spiro atoms. The Morgan fingerprint density at radius 3 is 2.27 bits per heavy atom. The summed E-state index contributed by atoms with van der Waals surface area (Å²) in [6.45, 7) is 7.18. The molecule has 0 atom stereocenters. The number of hydrogen-bond donors (Lipinski definition) is 1. The summed E-state index contributed by atoms with van der Waals surface area (Å²) in [5.74, 6) is 0.542. The molecule has 0 saturated carbocycles. The van der Waals surface area contributed by atoms with Crippen LogP contribution in [0.5, 0.6) is 0 Å². The average molecular weight is 381 g/mol. The van der Waals surface area contributed by atoms with Crippen LogP contribution in [0, 0.1) is 12.8 Å². The number of rotatable bonds is 8. The van der Waals surface area contributed by atoms with Gasteiger partial charge < -0.3 is 5.32 Å². The number of carbonyl (C=O) groups is 1. The molecule has 0 unspecified atom stereocenters. The molecule has 0 aromatic heterocycles. The van der Waals surface area contributed by atoms with Crippen LogP contribution >= 0.6 is 0 Å². The molecule has 26 heavy (non-hydrogen) atoms. The van der Waals surface area contributed by atoms with Crippen LogP contribution in [0.1, 0.15) is 57.9 Å². The minimum absolute atomic E-state index is 0.119. The molecule has 1 aliphatic heterocycles. The van der Waals surface area contributed by atoms with Gasteiger partial charge in [-0.25, -0.2) is 8.42 Å². The molecule has 5 nitrogen and oxygen atoms in total. The normalized spacial score (nSPS) is 16.8. The van der Waals surface area contributed by atoms with E-state index >= 15 is 0 Å². The molecule has 146 valence electrons. The van der Waals surface area contributed by atoms with Crippen LogP contribution in [0.2, 0.25) is 0 Å². The van der Waals surface area contributed by atoms with Crippen molar-refractivity contribution in [1.82, 2.24) is 9.62 Å². The second-order valence-corrected chi connectivity index (χ2v) is 9.22. The van der Waals surface area contributed by atoms with E-state index in [1.54, 1.807) is 16.4 Å². The van der Waals surface area contributed by atoms with Crippen molar-refractivity contribution in [2.45, 2.75) is 70.2 Å². The molecule has 1 fully saturated rings. The Morgan fingerprint density at radius 1 is 1.15 bits per heavy atom. The number of piperidine rings is 1. The van der Waals surface area contributed by atoms with Gasteiger partial charge in [0.2, 0.25) is 15.9 Å². The molecule has 1 aliphatic rings. The quantitative estimate of drug-likeness (QED) is 0.751. The third-order valence-electron chi connectivity index (χ3n) is 5.36. The summed E-state index contributed by atoms with van der Waals surface area (Å²) in [7, 11) is -3.40. The number of amides is 1. The van der Waals surface area contributed by atoms with Crippen LogP contribution in [0.3, 0.4) is 0 Å². The van der Waals surface area contributed by atoms with Crippen molar-refractivity contribution < 1.29 is 13.2 Å². The van der Waals surface area contributed by atoms with E-state index in [0.29, 0.717) is 30.3 Å². The van der Waals surface area contributed by atoms with Crippen LogP contribution in [0.15, 0.2) is 29.2 Å². The van der Waals surface area contributed by atoms with Crippen LogP contribution < -0.4 is 5.32 Å². The number of hydrogen-bond acceptors (Lipinski definition) is 3. The summed E-state index contributed by atoms with van der Waals surface area (Å²) in [5, 5.41) is 3.07. The van der Waals surface area contributed by atoms with Gasteiger partial charge in [0.05, 0.1) is 4.90 Å². The monoisotopic (exact) mass is 380 g/mol. The third kappa shape index (κ3) is 5.55. The molecule has 1 saturated heterocycles. The first kappa shape index (κ1) is 20.9. The minimum Gasteiger partial charge on any atom is -0.353 e. The molecule has 0 aliphatic carbocycles. The van der Waals surface area contributed by atoms with E-state index in [0.717, 1.165) is 37.7 Å². The van der Waals surface area contributed by atoms with Gasteiger partial charge in [0.1, 0.15) is 0 Å². The van der Waals surface area contributed by atoms with Gasteiger partial charge in [-0.15, -0.1) is 0 Å². The molecule has 6 heteroatoms. The van der Waals surface area contributed by atoms with Crippen molar-refractivity contribution in [1.29, 1.82) is 0 Å². The van der Waals surface area contributed by atoms with E-state index in [4.69, 9.17) is 0 Å².